The topological polar surface area (TPSA) is 35.6 Å². The minimum atomic E-state index is -0.220. The van der Waals surface area contributed by atoms with Gasteiger partial charge in [-0.25, -0.2) is 9.97 Å². The third-order valence-electron chi connectivity index (χ3n) is 14.5. The van der Waals surface area contributed by atoms with Gasteiger partial charge in [-0.3, -0.25) is 0 Å². The fraction of sp³-hybridized carbons (Fsp3) is 0.0476. The first-order valence-electron chi connectivity index (χ1n) is 23.2. The molecular weight excluding hydrogens is 813 g/mol. The molecule has 1 aliphatic rings. The summed E-state index contributed by atoms with van der Waals surface area (Å²) in [6, 6.07) is 79.5. The number of hydrogen-bond acceptors (Lipinski definition) is 2. The predicted octanol–water partition coefficient (Wildman–Crippen LogP) is 16.3. The Balaban J connectivity index is 0.962. The molecule has 0 bridgehead atoms. The maximum absolute atomic E-state index is 5.60. The summed E-state index contributed by atoms with van der Waals surface area (Å²) < 4.78 is 4.81. The Morgan fingerprint density at radius 1 is 0.358 bits per heavy atom. The molecular formula is C63H42N4. The maximum atomic E-state index is 5.60. The summed E-state index contributed by atoms with van der Waals surface area (Å²) in [5.41, 5.74) is 18.2. The van der Waals surface area contributed by atoms with Crippen LogP contribution in [0.2, 0.25) is 0 Å². The second-order valence-electron chi connectivity index (χ2n) is 18.5. The zero-order valence-corrected chi connectivity index (χ0v) is 37.1. The van der Waals surface area contributed by atoms with Gasteiger partial charge in [0.15, 0.2) is 5.82 Å². The number of nitrogens with zero attached hydrogens (tertiary/aromatic N) is 4. The molecule has 0 aliphatic heterocycles. The summed E-state index contributed by atoms with van der Waals surface area (Å²) in [5, 5.41) is 8.23. The molecule has 0 spiro atoms. The van der Waals surface area contributed by atoms with Crippen LogP contribution in [0.5, 0.6) is 0 Å². The molecule has 0 amide bonds. The summed E-state index contributed by atoms with van der Waals surface area (Å²) in [7, 11) is 0. The molecule has 3 heterocycles. The van der Waals surface area contributed by atoms with Crippen LogP contribution < -0.4 is 0 Å². The van der Waals surface area contributed by atoms with Gasteiger partial charge in [-0.1, -0.05) is 172 Å². The Bertz CT molecular complexity index is 4190. The van der Waals surface area contributed by atoms with Gasteiger partial charge in [0.05, 0.1) is 33.3 Å². The first kappa shape index (κ1) is 37.7. The van der Waals surface area contributed by atoms with Crippen LogP contribution in [0.25, 0.3) is 122 Å². The molecule has 14 rings (SSSR count). The van der Waals surface area contributed by atoms with E-state index in [9.17, 15) is 0 Å². The number of aromatic nitrogens is 4. The largest absolute Gasteiger partial charge is 0.309 e. The van der Waals surface area contributed by atoms with Crippen LogP contribution in [0.3, 0.4) is 0 Å². The van der Waals surface area contributed by atoms with Gasteiger partial charge in [0.1, 0.15) is 0 Å². The van der Waals surface area contributed by atoms with Crippen molar-refractivity contribution in [2.24, 2.45) is 0 Å². The molecule has 0 saturated carbocycles. The average molecular weight is 855 g/mol. The number of rotatable bonds is 5. The third kappa shape index (κ3) is 5.54. The van der Waals surface area contributed by atoms with Crippen LogP contribution in [0, 0.1) is 0 Å². The Kier molecular flexibility index (Phi) is 8.00. The van der Waals surface area contributed by atoms with E-state index in [1.54, 1.807) is 0 Å². The van der Waals surface area contributed by atoms with Crippen LogP contribution in [0.4, 0.5) is 0 Å². The van der Waals surface area contributed by atoms with Gasteiger partial charge in [0, 0.05) is 60.2 Å². The maximum Gasteiger partial charge on any atom is 0.160 e. The van der Waals surface area contributed by atoms with Crippen molar-refractivity contribution < 1.29 is 0 Å². The second kappa shape index (κ2) is 14.2. The first-order valence-corrected chi connectivity index (χ1v) is 23.2. The fourth-order valence-electron chi connectivity index (χ4n) is 11.5. The van der Waals surface area contributed by atoms with Crippen LogP contribution in [-0.2, 0) is 5.41 Å². The van der Waals surface area contributed by atoms with Crippen molar-refractivity contribution in [1.29, 1.82) is 0 Å². The minimum absolute atomic E-state index is 0.220. The monoisotopic (exact) mass is 854 g/mol. The van der Waals surface area contributed by atoms with Gasteiger partial charge in [0.25, 0.3) is 0 Å². The van der Waals surface area contributed by atoms with Crippen molar-refractivity contribution in [3.63, 3.8) is 0 Å². The first-order chi connectivity index (χ1) is 33.0. The predicted molar refractivity (Wildman–Crippen MR) is 280 cm³/mol. The highest BCUT2D eigenvalue weighted by atomic mass is 15.0. The van der Waals surface area contributed by atoms with Crippen molar-refractivity contribution in [3.8, 4) is 56.3 Å². The summed E-state index contributed by atoms with van der Waals surface area (Å²) >= 11 is 0. The van der Waals surface area contributed by atoms with Crippen molar-refractivity contribution in [2.75, 3.05) is 0 Å². The normalized spacial score (nSPS) is 13.0. The average Bonchev–Trinajstić information content (AvgIpc) is 3.98. The van der Waals surface area contributed by atoms with Crippen molar-refractivity contribution in [3.05, 3.63) is 230 Å². The summed E-state index contributed by atoms with van der Waals surface area (Å²) in [6.45, 7) is 4.67. The van der Waals surface area contributed by atoms with E-state index in [1.807, 2.05) is 0 Å². The lowest BCUT2D eigenvalue weighted by Gasteiger charge is -2.24. The quantitative estimate of drug-likeness (QED) is 0.162. The molecule has 0 radical (unpaired) electrons. The number of para-hydroxylation sites is 3. The van der Waals surface area contributed by atoms with Crippen LogP contribution in [-0.4, -0.2) is 19.1 Å². The van der Waals surface area contributed by atoms with Gasteiger partial charge in [-0.05, 0) is 99.4 Å². The Morgan fingerprint density at radius 3 is 1.81 bits per heavy atom. The highest BCUT2D eigenvalue weighted by Gasteiger charge is 2.38. The van der Waals surface area contributed by atoms with Crippen LogP contribution in [0.1, 0.15) is 25.0 Å². The number of fused-ring (bicyclic) bond motifs is 12. The Labute approximate surface area is 387 Å². The van der Waals surface area contributed by atoms with Gasteiger partial charge < -0.3 is 9.13 Å². The van der Waals surface area contributed by atoms with Crippen LogP contribution in [0.15, 0.2) is 218 Å². The molecule has 3 aromatic heterocycles. The Morgan fingerprint density at radius 2 is 0.955 bits per heavy atom. The molecule has 4 heteroatoms. The molecule has 0 unspecified atom stereocenters. The van der Waals surface area contributed by atoms with E-state index in [1.165, 1.54) is 66.0 Å². The molecule has 314 valence electrons. The van der Waals surface area contributed by atoms with Crippen molar-refractivity contribution in [2.45, 2.75) is 19.3 Å². The van der Waals surface area contributed by atoms with Crippen molar-refractivity contribution in [1.82, 2.24) is 19.1 Å². The van der Waals surface area contributed by atoms with E-state index >= 15 is 0 Å². The van der Waals surface area contributed by atoms with Gasteiger partial charge >= 0.3 is 0 Å². The summed E-state index contributed by atoms with van der Waals surface area (Å²) in [4.78, 5) is 11.1. The lowest BCUT2D eigenvalue weighted by atomic mass is 9.80. The summed E-state index contributed by atoms with van der Waals surface area (Å²) in [5.74, 6) is 0.743. The second-order valence-corrected chi connectivity index (χ2v) is 18.5. The molecule has 13 aromatic rings. The van der Waals surface area contributed by atoms with Crippen molar-refractivity contribution >= 4 is 65.3 Å². The summed E-state index contributed by atoms with van der Waals surface area (Å²) in [6.07, 6.45) is 0. The van der Waals surface area contributed by atoms with Gasteiger partial charge in [0.2, 0.25) is 0 Å². The lowest BCUT2D eigenvalue weighted by Crippen LogP contribution is -2.16. The highest BCUT2D eigenvalue weighted by molar-refractivity contribution is 6.13. The third-order valence-corrected chi connectivity index (χ3v) is 14.5. The lowest BCUT2D eigenvalue weighted by molar-refractivity contribution is 0.661. The molecule has 1 aliphatic carbocycles. The smallest absolute Gasteiger partial charge is 0.160 e. The van der Waals surface area contributed by atoms with E-state index in [0.717, 1.165) is 66.7 Å². The number of benzene rings is 10. The van der Waals surface area contributed by atoms with E-state index in [2.05, 4.69) is 241 Å². The molecule has 0 N–H and O–H groups in total. The van der Waals surface area contributed by atoms with Crippen LogP contribution >= 0.6 is 0 Å². The minimum Gasteiger partial charge on any atom is -0.309 e. The zero-order valence-electron chi connectivity index (χ0n) is 37.1. The van der Waals surface area contributed by atoms with E-state index in [0.29, 0.717) is 0 Å². The van der Waals surface area contributed by atoms with E-state index in [4.69, 9.17) is 9.97 Å². The fourth-order valence-corrected chi connectivity index (χ4v) is 11.5. The number of hydrogen-bond donors (Lipinski definition) is 0. The standard InChI is InChI=1S/C63H42N4/c1-63(2)54-27-11-8-22-46(54)50-25-15-26-51(59(50)63)62-64-60(52-34-30-39-16-6-7-21-45(39)61(52)65-62)42-17-14-20-44(36-42)67-55-28-12-9-23-47(55)49-33-31-41(38-58(49)67)40-32-35-57-53(37-40)48-24-10-13-29-56(48)66(57)43-18-4-3-5-19-43/h3-38H,1-2H3. The molecule has 0 atom stereocenters. The molecule has 0 saturated heterocycles. The Hall–Kier alpha value is -8.60. The van der Waals surface area contributed by atoms with E-state index in [-0.39, 0.29) is 5.41 Å². The zero-order chi connectivity index (χ0) is 44.4. The van der Waals surface area contributed by atoms with Gasteiger partial charge in [-0.15, -0.1) is 0 Å². The van der Waals surface area contributed by atoms with Gasteiger partial charge in [-0.2, -0.15) is 0 Å². The molecule has 67 heavy (non-hydrogen) atoms. The highest BCUT2D eigenvalue weighted by Crippen LogP contribution is 2.52. The SMILES string of the molecule is CC1(C)c2ccccc2-c2cccc(-c3nc(-c4cccc(-n5c6ccccc6c6ccc(-c7ccc8c(c7)c7ccccc7n8-c7ccccc7)cc65)c4)c4ccc5ccccc5c4n3)c21. The molecule has 10 aromatic carbocycles. The van der Waals surface area contributed by atoms with E-state index < -0.39 is 0 Å². The molecule has 4 nitrogen and oxygen atoms in total. The molecule has 0 fully saturated rings.